The van der Waals surface area contributed by atoms with Crippen LogP contribution in [0, 0.1) is 5.92 Å². The van der Waals surface area contributed by atoms with Crippen molar-refractivity contribution >= 4 is 5.91 Å². The van der Waals surface area contributed by atoms with E-state index in [4.69, 9.17) is 10.5 Å². The molecule has 2 unspecified atom stereocenters. The van der Waals surface area contributed by atoms with Crippen molar-refractivity contribution in [2.24, 2.45) is 11.7 Å². The Morgan fingerprint density at radius 1 is 1.43 bits per heavy atom. The molecule has 1 heterocycles. The van der Waals surface area contributed by atoms with Crippen molar-refractivity contribution < 1.29 is 9.53 Å². The van der Waals surface area contributed by atoms with E-state index in [1.54, 1.807) is 6.20 Å². The minimum Gasteiger partial charge on any atom is -0.474 e. The van der Waals surface area contributed by atoms with E-state index >= 15 is 0 Å². The number of rotatable bonds is 7. The molecule has 0 radical (unpaired) electrons. The second-order valence-electron chi connectivity index (χ2n) is 6.51. The monoisotopic (exact) mass is 319 g/mol. The van der Waals surface area contributed by atoms with Crippen LogP contribution in [0.2, 0.25) is 0 Å². The zero-order valence-corrected chi connectivity index (χ0v) is 14.3. The number of amides is 1. The highest BCUT2D eigenvalue weighted by atomic mass is 16.5. The van der Waals surface area contributed by atoms with Crippen LogP contribution in [0.15, 0.2) is 18.3 Å². The molecule has 2 atom stereocenters. The van der Waals surface area contributed by atoms with E-state index in [0.29, 0.717) is 12.4 Å². The van der Waals surface area contributed by atoms with E-state index in [2.05, 4.69) is 10.3 Å². The van der Waals surface area contributed by atoms with Crippen LogP contribution in [0.25, 0.3) is 0 Å². The van der Waals surface area contributed by atoms with Crippen LogP contribution < -0.4 is 15.8 Å². The first-order valence-corrected chi connectivity index (χ1v) is 8.75. The highest BCUT2D eigenvalue weighted by Crippen LogP contribution is 2.22. The molecule has 1 saturated carbocycles. The van der Waals surface area contributed by atoms with Gasteiger partial charge in [0, 0.05) is 18.8 Å². The highest BCUT2D eigenvalue weighted by molar-refractivity contribution is 5.81. The molecule has 0 aliphatic heterocycles. The molecular formula is C18H29N3O2. The lowest BCUT2D eigenvalue weighted by molar-refractivity contribution is -0.123. The summed E-state index contributed by atoms with van der Waals surface area (Å²) in [6.45, 7) is 4.48. The Morgan fingerprint density at radius 3 is 2.87 bits per heavy atom. The van der Waals surface area contributed by atoms with Gasteiger partial charge in [0.25, 0.3) is 0 Å². The Hall–Kier alpha value is -1.62. The van der Waals surface area contributed by atoms with Gasteiger partial charge in [0.15, 0.2) is 0 Å². The smallest absolute Gasteiger partial charge is 0.237 e. The Labute approximate surface area is 139 Å². The number of carbonyl (C=O) groups is 1. The average molecular weight is 319 g/mol. The van der Waals surface area contributed by atoms with Gasteiger partial charge in [0.2, 0.25) is 11.8 Å². The lowest BCUT2D eigenvalue weighted by atomic mass is 9.98. The van der Waals surface area contributed by atoms with Gasteiger partial charge in [-0.25, -0.2) is 4.98 Å². The van der Waals surface area contributed by atoms with Gasteiger partial charge in [-0.3, -0.25) is 4.79 Å². The number of hydrogen-bond donors (Lipinski definition) is 2. The van der Waals surface area contributed by atoms with Gasteiger partial charge < -0.3 is 15.8 Å². The highest BCUT2D eigenvalue weighted by Gasteiger charge is 2.19. The Bertz CT molecular complexity index is 501. The van der Waals surface area contributed by atoms with Gasteiger partial charge in [-0.1, -0.05) is 26.7 Å². The number of nitrogens with one attached hydrogen (secondary N) is 1. The number of nitrogens with zero attached hydrogens (tertiary/aromatic N) is 1. The molecule has 128 valence electrons. The molecule has 1 aromatic heterocycles. The van der Waals surface area contributed by atoms with Gasteiger partial charge >= 0.3 is 0 Å². The van der Waals surface area contributed by atoms with Crippen molar-refractivity contribution in [3.8, 4) is 5.88 Å². The number of hydrogen-bond acceptors (Lipinski definition) is 4. The molecule has 0 aromatic carbocycles. The number of aromatic nitrogens is 1. The van der Waals surface area contributed by atoms with Gasteiger partial charge in [0.1, 0.15) is 6.10 Å². The molecule has 5 heteroatoms. The summed E-state index contributed by atoms with van der Waals surface area (Å²) in [6, 6.07) is 3.34. The average Bonchev–Trinajstić information content (AvgIpc) is 2.59. The molecular weight excluding hydrogens is 290 g/mol. The third-order valence-corrected chi connectivity index (χ3v) is 4.67. The SMILES string of the molecule is CCC(C)C(N)C(=O)NCc1ccnc(OC2CCCCC2)c1. The summed E-state index contributed by atoms with van der Waals surface area (Å²) in [4.78, 5) is 16.3. The molecule has 2 rings (SSSR count). The maximum Gasteiger partial charge on any atom is 0.237 e. The number of ether oxygens (including phenoxy) is 1. The van der Waals surface area contributed by atoms with Gasteiger partial charge in [-0.2, -0.15) is 0 Å². The summed E-state index contributed by atoms with van der Waals surface area (Å²) in [7, 11) is 0. The first-order chi connectivity index (χ1) is 11.1. The van der Waals surface area contributed by atoms with Gasteiger partial charge in [0.05, 0.1) is 6.04 Å². The summed E-state index contributed by atoms with van der Waals surface area (Å²) < 4.78 is 5.96. The molecule has 5 nitrogen and oxygen atoms in total. The Morgan fingerprint density at radius 2 is 2.17 bits per heavy atom. The van der Waals surface area contributed by atoms with Crippen LogP contribution in [0.4, 0.5) is 0 Å². The quantitative estimate of drug-likeness (QED) is 0.810. The maximum absolute atomic E-state index is 12.0. The van der Waals surface area contributed by atoms with Crippen LogP contribution in [-0.4, -0.2) is 23.0 Å². The minimum absolute atomic E-state index is 0.106. The van der Waals surface area contributed by atoms with Crippen molar-refractivity contribution in [1.29, 1.82) is 0 Å². The Balaban J connectivity index is 1.85. The fourth-order valence-electron chi connectivity index (χ4n) is 2.80. The van der Waals surface area contributed by atoms with E-state index in [9.17, 15) is 4.79 Å². The van der Waals surface area contributed by atoms with Crippen LogP contribution in [0.3, 0.4) is 0 Å². The lowest BCUT2D eigenvalue weighted by Gasteiger charge is -2.22. The zero-order chi connectivity index (χ0) is 16.7. The summed E-state index contributed by atoms with van der Waals surface area (Å²) in [6.07, 6.45) is 8.87. The molecule has 1 aliphatic carbocycles. The summed E-state index contributed by atoms with van der Waals surface area (Å²) in [5.41, 5.74) is 6.92. The molecule has 3 N–H and O–H groups in total. The minimum atomic E-state index is -0.459. The second-order valence-corrected chi connectivity index (χ2v) is 6.51. The fraction of sp³-hybridized carbons (Fsp3) is 0.667. The summed E-state index contributed by atoms with van der Waals surface area (Å²) in [5, 5.41) is 2.90. The fourth-order valence-corrected chi connectivity index (χ4v) is 2.80. The van der Waals surface area contributed by atoms with Crippen LogP contribution >= 0.6 is 0 Å². The predicted octanol–water partition coefficient (Wildman–Crippen LogP) is 2.78. The first kappa shape index (κ1) is 17.7. The molecule has 0 bridgehead atoms. The third kappa shape index (κ3) is 5.50. The van der Waals surface area contributed by atoms with E-state index < -0.39 is 6.04 Å². The largest absolute Gasteiger partial charge is 0.474 e. The predicted molar refractivity (Wildman–Crippen MR) is 91.0 cm³/mol. The summed E-state index contributed by atoms with van der Waals surface area (Å²) >= 11 is 0. The number of carbonyl (C=O) groups excluding carboxylic acids is 1. The van der Waals surface area contributed by atoms with Gasteiger partial charge in [-0.05, 0) is 43.2 Å². The first-order valence-electron chi connectivity index (χ1n) is 8.75. The summed E-state index contributed by atoms with van der Waals surface area (Å²) in [5.74, 6) is 0.721. The Kier molecular flexibility index (Phi) is 6.84. The molecule has 0 spiro atoms. The van der Waals surface area contributed by atoms with Crippen LogP contribution in [0.5, 0.6) is 5.88 Å². The van der Waals surface area contributed by atoms with E-state index in [1.807, 2.05) is 26.0 Å². The maximum atomic E-state index is 12.0. The molecule has 1 aromatic rings. The van der Waals surface area contributed by atoms with Crippen molar-refractivity contribution in [3.63, 3.8) is 0 Å². The zero-order valence-electron chi connectivity index (χ0n) is 14.3. The van der Waals surface area contributed by atoms with Gasteiger partial charge in [-0.15, -0.1) is 0 Å². The molecule has 1 fully saturated rings. The van der Waals surface area contributed by atoms with Crippen molar-refractivity contribution in [2.75, 3.05) is 0 Å². The number of pyridine rings is 1. The molecule has 1 amide bonds. The molecule has 23 heavy (non-hydrogen) atoms. The molecule has 1 aliphatic rings. The second kappa shape index (κ2) is 8.87. The van der Waals surface area contributed by atoms with Crippen LogP contribution in [-0.2, 0) is 11.3 Å². The normalized spacial score (nSPS) is 18.2. The van der Waals surface area contributed by atoms with E-state index in [0.717, 1.165) is 24.8 Å². The van der Waals surface area contributed by atoms with Crippen molar-refractivity contribution in [2.45, 2.75) is 71.1 Å². The van der Waals surface area contributed by atoms with Crippen molar-refractivity contribution in [3.05, 3.63) is 23.9 Å². The lowest BCUT2D eigenvalue weighted by Crippen LogP contribution is -2.44. The number of nitrogens with two attached hydrogens (primary N) is 1. The van der Waals surface area contributed by atoms with E-state index in [1.165, 1.54) is 19.3 Å². The standard InChI is InChI=1S/C18H29N3O2/c1-3-13(2)17(19)18(22)21-12-14-9-10-20-16(11-14)23-15-7-5-4-6-8-15/h9-11,13,15,17H,3-8,12,19H2,1-2H3,(H,21,22). The van der Waals surface area contributed by atoms with Crippen LogP contribution in [0.1, 0.15) is 57.9 Å². The van der Waals surface area contributed by atoms with Crippen molar-refractivity contribution in [1.82, 2.24) is 10.3 Å². The molecule has 0 saturated heterocycles. The third-order valence-electron chi connectivity index (χ3n) is 4.67. The topological polar surface area (TPSA) is 77.2 Å². The van der Waals surface area contributed by atoms with E-state index in [-0.39, 0.29) is 17.9 Å².